The number of hydrogen-bond donors (Lipinski definition) is 1. The standard InChI is InChI=1S/C20H11ClF2N2O2S/c21-11-3-1-4-13(9-11)25-19(26)17(16-5-2-8-28-16)18(20(25)27)24-12-6-7-14(22)15(23)10-12/h1-10,24H. The van der Waals surface area contributed by atoms with E-state index in [-0.39, 0.29) is 17.0 Å². The molecule has 2 aromatic carbocycles. The van der Waals surface area contributed by atoms with Gasteiger partial charge in [-0.1, -0.05) is 23.7 Å². The normalized spacial score (nSPS) is 14.2. The van der Waals surface area contributed by atoms with Gasteiger partial charge in [-0.2, -0.15) is 0 Å². The van der Waals surface area contributed by atoms with E-state index < -0.39 is 23.4 Å². The molecule has 8 heteroatoms. The second-order valence-corrected chi connectivity index (χ2v) is 7.29. The zero-order valence-corrected chi connectivity index (χ0v) is 15.7. The zero-order valence-electron chi connectivity index (χ0n) is 14.1. The number of benzene rings is 2. The average Bonchev–Trinajstić information content (AvgIpc) is 3.25. The third kappa shape index (κ3) is 3.19. The van der Waals surface area contributed by atoms with Crippen LogP contribution in [0.4, 0.5) is 20.2 Å². The molecule has 0 radical (unpaired) electrons. The van der Waals surface area contributed by atoms with Crippen molar-refractivity contribution in [2.75, 3.05) is 10.2 Å². The molecule has 0 fully saturated rings. The van der Waals surface area contributed by atoms with Crippen molar-refractivity contribution in [2.24, 2.45) is 0 Å². The van der Waals surface area contributed by atoms with Crippen molar-refractivity contribution in [1.82, 2.24) is 0 Å². The van der Waals surface area contributed by atoms with Crippen LogP contribution < -0.4 is 10.2 Å². The van der Waals surface area contributed by atoms with Gasteiger partial charge in [-0.15, -0.1) is 11.3 Å². The van der Waals surface area contributed by atoms with Crippen LogP contribution >= 0.6 is 22.9 Å². The van der Waals surface area contributed by atoms with Crippen LogP contribution in [-0.4, -0.2) is 11.8 Å². The molecule has 0 spiro atoms. The highest BCUT2D eigenvalue weighted by Crippen LogP contribution is 2.36. The Morgan fingerprint density at radius 1 is 0.929 bits per heavy atom. The summed E-state index contributed by atoms with van der Waals surface area (Å²) in [5.74, 6) is -3.21. The van der Waals surface area contributed by atoms with E-state index in [1.165, 1.54) is 23.5 Å². The molecule has 3 aromatic rings. The van der Waals surface area contributed by atoms with Gasteiger partial charge in [0.25, 0.3) is 11.8 Å². The molecule has 0 aliphatic carbocycles. The number of nitrogens with zero attached hydrogens (tertiary/aromatic N) is 1. The van der Waals surface area contributed by atoms with Crippen molar-refractivity contribution >= 4 is 51.7 Å². The smallest absolute Gasteiger partial charge is 0.282 e. The molecule has 1 aliphatic heterocycles. The molecule has 1 N–H and O–H groups in total. The Morgan fingerprint density at radius 2 is 1.75 bits per heavy atom. The van der Waals surface area contributed by atoms with Crippen LogP contribution in [-0.2, 0) is 9.59 Å². The molecular formula is C20H11ClF2N2O2S. The Hall–Kier alpha value is -3.03. The molecular weight excluding hydrogens is 406 g/mol. The number of hydrogen-bond acceptors (Lipinski definition) is 4. The predicted molar refractivity (Wildman–Crippen MR) is 105 cm³/mol. The van der Waals surface area contributed by atoms with Gasteiger partial charge in [0, 0.05) is 21.7 Å². The quantitative estimate of drug-likeness (QED) is 0.604. The molecule has 2 heterocycles. The minimum atomic E-state index is -1.06. The minimum Gasteiger partial charge on any atom is -0.350 e. The van der Waals surface area contributed by atoms with E-state index in [2.05, 4.69) is 5.32 Å². The summed E-state index contributed by atoms with van der Waals surface area (Å²) >= 11 is 7.29. The molecule has 0 saturated carbocycles. The van der Waals surface area contributed by atoms with Crippen LogP contribution in [0.25, 0.3) is 5.57 Å². The van der Waals surface area contributed by atoms with E-state index in [0.717, 1.165) is 17.0 Å². The molecule has 28 heavy (non-hydrogen) atoms. The van der Waals surface area contributed by atoms with Crippen LogP contribution in [0.5, 0.6) is 0 Å². The van der Waals surface area contributed by atoms with Gasteiger partial charge in [0.2, 0.25) is 0 Å². The summed E-state index contributed by atoms with van der Waals surface area (Å²) in [5, 5.41) is 4.92. The van der Waals surface area contributed by atoms with Gasteiger partial charge >= 0.3 is 0 Å². The fraction of sp³-hybridized carbons (Fsp3) is 0. The molecule has 0 atom stereocenters. The van der Waals surface area contributed by atoms with Crippen molar-refractivity contribution in [3.05, 3.63) is 87.2 Å². The Balaban J connectivity index is 1.80. The average molecular weight is 417 g/mol. The number of thiophene rings is 1. The van der Waals surface area contributed by atoms with Crippen LogP contribution in [0.3, 0.4) is 0 Å². The van der Waals surface area contributed by atoms with E-state index in [1.54, 1.807) is 35.7 Å². The van der Waals surface area contributed by atoms with Crippen LogP contribution in [0, 0.1) is 11.6 Å². The lowest BCUT2D eigenvalue weighted by atomic mass is 10.2. The van der Waals surface area contributed by atoms with E-state index in [0.29, 0.717) is 15.6 Å². The summed E-state index contributed by atoms with van der Waals surface area (Å²) in [4.78, 5) is 27.7. The SMILES string of the molecule is O=C1C(Nc2ccc(F)c(F)c2)=C(c2cccs2)C(=O)N1c1cccc(Cl)c1. The van der Waals surface area contributed by atoms with Crippen molar-refractivity contribution in [2.45, 2.75) is 0 Å². The summed E-state index contributed by atoms with van der Waals surface area (Å²) in [5.41, 5.74) is 0.610. The maximum atomic E-state index is 13.6. The van der Waals surface area contributed by atoms with Crippen molar-refractivity contribution in [3.63, 3.8) is 0 Å². The largest absolute Gasteiger partial charge is 0.350 e. The van der Waals surface area contributed by atoms with Gasteiger partial charge in [0.05, 0.1) is 11.3 Å². The second kappa shape index (κ2) is 7.18. The summed E-state index contributed by atoms with van der Waals surface area (Å²) in [6, 6.07) is 13.0. The first kappa shape index (κ1) is 18.3. The van der Waals surface area contributed by atoms with Crippen molar-refractivity contribution < 1.29 is 18.4 Å². The third-order valence-electron chi connectivity index (χ3n) is 4.11. The molecule has 140 valence electrons. The fourth-order valence-electron chi connectivity index (χ4n) is 2.86. The van der Waals surface area contributed by atoms with Gasteiger partial charge in [0.15, 0.2) is 11.6 Å². The number of halogens is 3. The minimum absolute atomic E-state index is 0.0153. The molecule has 4 nitrogen and oxygen atoms in total. The van der Waals surface area contributed by atoms with Gasteiger partial charge in [-0.05, 0) is 41.8 Å². The van der Waals surface area contributed by atoms with Gasteiger partial charge < -0.3 is 5.32 Å². The molecule has 0 unspecified atom stereocenters. The van der Waals surface area contributed by atoms with E-state index in [9.17, 15) is 18.4 Å². The number of imide groups is 1. The Morgan fingerprint density at radius 3 is 2.43 bits per heavy atom. The summed E-state index contributed by atoms with van der Waals surface area (Å²) in [6.07, 6.45) is 0. The van der Waals surface area contributed by atoms with Crippen LogP contribution in [0.15, 0.2) is 65.7 Å². The first-order valence-electron chi connectivity index (χ1n) is 8.10. The molecule has 0 bridgehead atoms. The van der Waals surface area contributed by atoms with E-state index >= 15 is 0 Å². The fourth-order valence-corrected chi connectivity index (χ4v) is 3.82. The Labute approximate surface area is 167 Å². The lowest BCUT2D eigenvalue weighted by Crippen LogP contribution is -2.32. The Bertz CT molecular complexity index is 1130. The topological polar surface area (TPSA) is 49.4 Å². The first-order valence-corrected chi connectivity index (χ1v) is 9.36. The number of anilines is 2. The Kier molecular flexibility index (Phi) is 4.70. The number of amides is 2. The van der Waals surface area contributed by atoms with Crippen molar-refractivity contribution in [3.8, 4) is 0 Å². The van der Waals surface area contributed by atoms with E-state index in [1.807, 2.05) is 0 Å². The maximum absolute atomic E-state index is 13.6. The number of nitrogens with one attached hydrogen (secondary N) is 1. The van der Waals surface area contributed by atoms with Crippen LogP contribution in [0.2, 0.25) is 5.02 Å². The molecule has 1 aromatic heterocycles. The summed E-state index contributed by atoms with van der Waals surface area (Å²) < 4.78 is 26.8. The number of carbonyl (C=O) groups is 2. The van der Waals surface area contributed by atoms with E-state index in [4.69, 9.17) is 11.6 Å². The first-order chi connectivity index (χ1) is 13.5. The lowest BCUT2D eigenvalue weighted by molar-refractivity contribution is -0.120. The molecule has 1 aliphatic rings. The highest BCUT2D eigenvalue weighted by Gasteiger charge is 2.40. The molecule has 2 amide bonds. The number of carbonyl (C=O) groups excluding carboxylic acids is 2. The highest BCUT2D eigenvalue weighted by atomic mass is 35.5. The summed E-state index contributed by atoms with van der Waals surface area (Å²) in [6.45, 7) is 0. The summed E-state index contributed by atoms with van der Waals surface area (Å²) in [7, 11) is 0. The van der Waals surface area contributed by atoms with Gasteiger partial charge in [0.1, 0.15) is 5.70 Å². The lowest BCUT2D eigenvalue weighted by Gasteiger charge is -2.15. The molecule has 4 rings (SSSR count). The monoisotopic (exact) mass is 416 g/mol. The zero-order chi connectivity index (χ0) is 19.8. The predicted octanol–water partition coefficient (Wildman–Crippen LogP) is 5.08. The van der Waals surface area contributed by atoms with Crippen molar-refractivity contribution in [1.29, 1.82) is 0 Å². The number of rotatable bonds is 4. The second-order valence-electron chi connectivity index (χ2n) is 5.91. The third-order valence-corrected chi connectivity index (χ3v) is 5.23. The van der Waals surface area contributed by atoms with Crippen LogP contribution in [0.1, 0.15) is 4.88 Å². The van der Waals surface area contributed by atoms with Gasteiger partial charge in [-0.25, -0.2) is 13.7 Å². The highest BCUT2D eigenvalue weighted by molar-refractivity contribution is 7.11. The maximum Gasteiger partial charge on any atom is 0.282 e. The van der Waals surface area contributed by atoms with Gasteiger partial charge in [-0.3, -0.25) is 9.59 Å². The molecule has 0 saturated heterocycles.